The van der Waals surface area contributed by atoms with E-state index < -0.39 is 35.4 Å². The molecule has 0 unspecified atom stereocenters. The third kappa shape index (κ3) is 5.93. The van der Waals surface area contributed by atoms with Gasteiger partial charge in [-0.25, -0.2) is 4.79 Å². The highest BCUT2D eigenvalue weighted by Gasteiger charge is 2.63. The van der Waals surface area contributed by atoms with Gasteiger partial charge in [0.1, 0.15) is 13.2 Å². The molecule has 1 aliphatic carbocycles. The van der Waals surface area contributed by atoms with Gasteiger partial charge in [0.15, 0.2) is 5.41 Å². The molecule has 210 valence electrons. The topological polar surface area (TPSA) is 111 Å². The van der Waals surface area contributed by atoms with Crippen molar-refractivity contribution in [1.82, 2.24) is 4.90 Å². The first-order valence-corrected chi connectivity index (χ1v) is 13.3. The summed E-state index contributed by atoms with van der Waals surface area (Å²) in [5, 5.41) is 2.93. The Morgan fingerprint density at radius 3 is 2.48 bits per heavy atom. The van der Waals surface area contributed by atoms with Crippen molar-refractivity contribution in [2.75, 3.05) is 25.6 Å². The average Bonchev–Trinajstić information content (AvgIpc) is 2.98. The summed E-state index contributed by atoms with van der Waals surface area (Å²) in [5.41, 5.74) is 1.11. The number of carbonyl (C=O) groups is 4. The number of benzene rings is 2. The lowest BCUT2D eigenvalue weighted by Gasteiger charge is -2.53. The molecule has 2 bridgehead atoms. The third-order valence-electron chi connectivity index (χ3n) is 7.29. The fraction of sp³-hybridized carbons (Fsp3) is 0.355. The van der Waals surface area contributed by atoms with E-state index in [0.717, 1.165) is 11.1 Å². The van der Waals surface area contributed by atoms with E-state index in [9.17, 15) is 19.2 Å². The van der Waals surface area contributed by atoms with Crippen molar-refractivity contribution < 1.29 is 33.4 Å². The number of methoxy groups -OCH3 is 1. The molecule has 3 atom stereocenters. The summed E-state index contributed by atoms with van der Waals surface area (Å²) in [4.78, 5) is 53.6. The standard InChI is InChI=1S/C31H34N2O7/c1-4-24-17-23-18-31(29(36)38-3,27(24)33(19-23)30(37)40-20-22-11-6-5-7-12-22)28(35)32-26-15-9-8-13-25(26)14-10-16-39-21(2)34/h5-15,17,23,27H,4,16,18-20H2,1-3H3,(H,32,35)/b14-10-/t23-,27+,31-/m0/s1. The predicted octanol–water partition coefficient (Wildman–Crippen LogP) is 4.74. The molecular formula is C31H34N2O7. The maximum absolute atomic E-state index is 14.1. The van der Waals surface area contributed by atoms with Crippen molar-refractivity contribution in [3.8, 4) is 0 Å². The molecule has 0 aromatic heterocycles. The first-order chi connectivity index (χ1) is 19.3. The van der Waals surface area contributed by atoms with Gasteiger partial charge in [0, 0.05) is 19.2 Å². The summed E-state index contributed by atoms with van der Waals surface area (Å²) in [7, 11) is 1.25. The molecule has 2 aromatic rings. The minimum absolute atomic E-state index is 0.0726. The van der Waals surface area contributed by atoms with Crippen LogP contribution in [0, 0.1) is 11.3 Å². The maximum Gasteiger partial charge on any atom is 0.410 e. The van der Waals surface area contributed by atoms with Crippen LogP contribution >= 0.6 is 0 Å². The second-order valence-electron chi connectivity index (χ2n) is 9.86. The quantitative estimate of drug-likeness (QED) is 0.209. The zero-order valence-corrected chi connectivity index (χ0v) is 22.9. The van der Waals surface area contributed by atoms with Crippen LogP contribution in [0.25, 0.3) is 6.08 Å². The smallest absolute Gasteiger partial charge is 0.410 e. The molecule has 1 N–H and O–H groups in total. The highest BCUT2D eigenvalue weighted by Crippen LogP contribution is 2.49. The van der Waals surface area contributed by atoms with E-state index in [0.29, 0.717) is 24.2 Å². The molecule has 5 rings (SSSR count). The second-order valence-corrected chi connectivity index (χ2v) is 9.86. The number of ether oxygens (including phenoxy) is 3. The Bertz CT molecular complexity index is 1320. The fourth-order valence-electron chi connectivity index (χ4n) is 5.55. The number of hydrogen-bond acceptors (Lipinski definition) is 7. The number of hydrogen-bond donors (Lipinski definition) is 1. The van der Waals surface area contributed by atoms with Crippen molar-refractivity contribution in [3.63, 3.8) is 0 Å². The highest BCUT2D eigenvalue weighted by atomic mass is 16.6. The fourth-order valence-corrected chi connectivity index (χ4v) is 5.55. The number of esters is 2. The number of fused-ring (bicyclic) bond motifs is 2. The Hall–Kier alpha value is -4.40. The molecule has 1 saturated heterocycles. The van der Waals surface area contributed by atoms with Crippen LogP contribution in [0.5, 0.6) is 0 Å². The molecule has 2 amide bonds. The van der Waals surface area contributed by atoms with Crippen molar-refractivity contribution in [2.45, 2.75) is 39.3 Å². The van der Waals surface area contributed by atoms with Crippen molar-refractivity contribution in [1.29, 1.82) is 0 Å². The molecule has 9 nitrogen and oxygen atoms in total. The van der Waals surface area contributed by atoms with E-state index in [4.69, 9.17) is 14.2 Å². The Morgan fingerprint density at radius 2 is 1.77 bits per heavy atom. The van der Waals surface area contributed by atoms with Gasteiger partial charge in [-0.2, -0.15) is 0 Å². The molecule has 9 heteroatoms. The number of piperidine rings is 1. The number of para-hydroxylation sites is 1. The van der Waals surface area contributed by atoms with E-state index in [1.54, 1.807) is 30.4 Å². The van der Waals surface area contributed by atoms with Gasteiger partial charge in [0.05, 0.1) is 13.2 Å². The van der Waals surface area contributed by atoms with E-state index >= 15 is 0 Å². The predicted molar refractivity (Wildman–Crippen MR) is 149 cm³/mol. The summed E-state index contributed by atoms with van der Waals surface area (Å²) >= 11 is 0. The van der Waals surface area contributed by atoms with E-state index in [2.05, 4.69) is 11.4 Å². The van der Waals surface area contributed by atoms with Crippen LogP contribution in [0.15, 0.2) is 72.3 Å². The molecule has 3 aliphatic rings. The summed E-state index contributed by atoms with van der Waals surface area (Å²) in [6, 6.07) is 15.5. The molecule has 0 spiro atoms. The largest absolute Gasteiger partial charge is 0.468 e. The Kier molecular flexibility index (Phi) is 9.04. The summed E-state index contributed by atoms with van der Waals surface area (Å²) in [5.74, 6) is -1.89. The summed E-state index contributed by atoms with van der Waals surface area (Å²) < 4.78 is 15.8. The Morgan fingerprint density at radius 1 is 1.05 bits per heavy atom. The minimum Gasteiger partial charge on any atom is -0.468 e. The van der Waals surface area contributed by atoms with E-state index in [1.165, 1.54) is 18.9 Å². The van der Waals surface area contributed by atoms with Crippen LogP contribution < -0.4 is 5.32 Å². The SMILES string of the molecule is CCC1=C[C@@H]2CN(C(=O)OCc3ccccc3)[C@H]1[C@@](C(=O)Nc1ccccc1/C=C\COC(C)=O)(C(=O)OC)C2. The lowest BCUT2D eigenvalue weighted by atomic mass is 9.61. The van der Waals surface area contributed by atoms with Gasteiger partial charge in [-0.1, -0.05) is 67.6 Å². The van der Waals surface area contributed by atoms with Gasteiger partial charge in [0.2, 0.25) is 5.91 Å². The highest BCUT2D eigenvalue weighted by molar-refractivity contribution is 6.11. The normalized spacial score (nSPS) is 21.5. The van der Waals surface area contributed by atoms with Crippen molar-refractivity contribution >= 4 is 35.7 Å². The molecule has 2 aliphatic heterocycles. The maximum atomic E-state index is 14.1. The van der Waals surface area contributed by atoms with Crippen molar-refractivity contribution in [2.24, 2.45) is 11.3 Å². The Balaban J connectivity index is 1.64. The number of nitrogens with zero attached hydrogens (tertiary/aromatic N) is 1. The molecule has 2 aromatic carbocycles. The number of nitrogens with one attached hydrogen (secondary N) is 1. The number of carbonyl (C=O) groups excluding carboxylic acids is 4. The molecule has 0 saturated carbocycles. The molecule has 40 heavy (non-hydrogen) atoms. The minimum atomic E-state index is -1.67. The molecule has 0 radical (unpaired) electrons. The third-order valence-corrected chi connectivity index (χ3v) is 7.29. The zero-order valence-electron chi connectivity index (χ0n) is 22.9. The lowest BCUT2D eigenvalue weighted by Crippen LogP contribution is -2.67. The van der Waals surface area contributed by atoms with E-state index in [-0.39, 0.29) is 25.6 Å². The molecule has 2 heterocycles. The van der Waals surface area contributed by atoms with Crippen LogP contribution in [0.1, 0.15) is 37.8 Å². The lowest BCUT2D eigenvalue weighted by molar-refractivity contribution is -0.166. The number of rotatable bonds is 9. The van der Waals surface area contributed by atoms with Gasteiger partial charge >= 0.3 is 18.0 Å². The summed E-state index contributed by atoms with van der Waals surface area (Å²) in [6.07, 6.45) is 5.60. The van der Waals surface area contributed by atoms with Crippen LogP contribution in [0.2, 0.25) is 0 Å². The summed E-state index contributed by atoms with van der Waals surface area (Å²) in [6.45, 7) is 3.75. The van der Waals surface area contributed by atoms with Gasteiger partial charge in [-0.05, 0) is 47.6 Å². The second kappa shape index (κ2) is 12.6. The van der Waals surface area contributed by atoms with Crippen LogP contribution in [0.3, 0.4) is 0 Å². The monoisotopic (exact) mass is 546 g/mol. The average molecular weight is 547 g/mol. The van der Waals surface area contributed by atoms with Crippen LogP contribution in [0.4, 0.5) is 10.5 Å². The first kappa shape index (κ1) is 28.6. The van der Waals surface area contributed by atoms with Gasteiger partial charge in [-0.15, -0.1) is 0 Å². The number of anilines is 1. The van der Waals surface area contributed by atoms with Gasteiger partial charge < -0.3 is 19.5 Å². The Labute approximate surface area is 233 Å². The van der Waals surface area contributed by atoms with Crippen molar-refractivity contribution in [3.05, 3.63) is 83.4 Å². The zero-order chi connectivity index (χ0) is 28.7. The molecule has 1 fully saturated rings. The van der Waals surface area contributed by atoms with Crippen LogP contribution in [-0.4, -0.2) is 55.1 Å². The van der Waals surface area contributed by atoms with E-state index in [1.807, 2.05) is 43.3 Å². The van der Waals surface area contributed by atoms with Gasteiger partial charge in [-0.3, -0.25) is 19.3 Å². The number of amides is 2. The van der Waals surface area contributed by atoms with Gasteiger partial charge in [0.25, 0.3) is 0 Å². The van der Waals surface area contributed by atoms with Crippen LogP contribution in [-0.2, 0) is 35.2 Å². The first-order valence-electron chi connectivity index (χ1n) is 13.3. The molecular weight excluding hydrogens is 512 g/mol.